The number of rotatable bonds is 3. The third-order valence-electron chi connectivity index (χ3n) is 2.12. The zero-order valence-electron chi connectivity index (χ0n) is 10.8. The van der Waals surface area contributed by atoms with Gasteiger partial charge in [-0.3, -0.25) is 4.21 Å². The van der Waals surface area contributed by atoms with E-state index in [1.165, 1.54) is 0 Å². The van der Waals surface area contributed by atoms with Gasteiger partial charge in [0.25, 0.3) is 0 Å². The van der Waals surface area contributed by atoms with E-state index in [0.29, 0.717) is 0 Å². The van der Waals surface area contributed by atoms with Crippen LogP contribution in [0.15, 0.2) is 29.2 Å². The zero-order valence-corrected chi connectivity index (χ0v) is 11.6. The summed E-state index contributed by atoms with van der Waals surface area (Å²) >= 11 is 0. The van der Waals surface area contributed by atoms with Crippen LogP contribution in [0.25, 0.3) is 0 Å². The Morgan fingerprint density at radius 2 is 1.62 bits per heavy atom. The minimum absolute atomic E-state index is 0.0759. The Morgan fingerprint density at radius 3 is 2.00 bits per heavy atom. The van der Waals surface area contributed by atoms with E-state index in [4.69, 9.17) is 5.11 Å². The van der Waals surface area contributed by atoms with Crippen molar-refractivity contribution >= 4 is 10.8 Å². The third-order valence-corrected chi connectivity index (χ3v) is 3.95. The fourth-order valence-electron chi connectivity index (χ4n) is 1.04. The van der Waals surface area contributed by atoms with Gasteiger partial charge in [-0.1, -0.05) is 31.5 Å². The third kappa shape index (κ3) is 4.06. The van der Waals surface area contributed by atoms with Crippen molar-refractivity contribution in [1.29, 1.82) is 0 Å². The Hall–Kier alpha value is -0.670. The first kappa shape index (κ1) is 15.3. The fraction of sp³-hybridized carbons (Fsp3) is 0.538. The van der Waals surface area contributed by atoms with E-state index >= 15 is 0 Å². The smallest absolute Gasteiger partial charge is 0.0679 e. The van der Waals surface area contributed by atoms with Gasteiger partial charge in [0.2, 0.25) is 0 Å². The van der Waals surface area contributed by atoms with Gasteiger partial charge in [0.15, 0.2) is 0 Å². The molecule has 0 amide bonds. The second-order valence-corrected chi connectivity index (χ2v) is 6.11. The predicted molar refractivity (Wildman–Crippen MR) is 70.1 cm³/mol. The van der Waals surface area contributed by atoms with E-state index in [1.807, 2.05) is 45.0 Å². The Labute approximate surface area is 101 Å². The summed E-state index contributed by atoms with van der Waals surface area (Å²) in [4.78, 5) is 0.773. The maximum atomic E-state index is 12.0. The summed E-state index contributed by atoms with van der Waals surface area (Å²) in [5.41, 5.74) is 1.15. The molecule has 0 bridgehead atoms. The summed E-state index contributed by atoms with van der Waals surface area (Å²) < 4.78 is 11.4. The van der Waals surface area contributed by atoms with Crippen molar-refractivity contribution in [3.63, 3.8) is 0 Å². The molecule has 0 saturated heterocycles. The van der Waals surface area contributed by atoms with Crippen LogP contribution in [-0.4, -0.2) is 20.7 Å². The second-order valence-electron chi connectivity index (χ2n) is 4.00. The quantitative estimate of drug-likeness (QED) is 0.885. The van der Waals surface area contributed by atoms with Crippen LogP contribution in [0.4, 0.5) is 0 Å². The van der Waals surface area contributed by atoms with Crippen molar-refractivity contribution in [2.24, 2.45) is 0 Å². The largest absolute Gasteiger partial charge is 0.395 e. The molecule has 92 valence electrons. The number of aliphatic hydroxyl groups excluding tert-OH is 1. The molecule has 0 radical (unpaired) electrons. The molecule has 1 rings (SSSR count). The average molecular weight is 242 g/mol. The van der Waals surface area contributed by atoms with Crippen LogP contribution < -0.4 is 0 Å². The van der Waals surface area contributed by atoms with Crippen LogP contribution in [0.1, 0.15) is 33.3 Å². The minimum Gasteiger partial charge on any atom is -0.395 e. The van der Waals surface area contributed by atoms with E-state index in [2.05, 4.69) is 0 Å². The normalized spacial score (nSPS) is 12.6. The first-order chi connectivity index (χ1) is 7.47. The van der Waals surface area contributed by atoms with Crippen LogP contribution in [0.2, 0.25) is 0 Å². The molecule has 0 spiro atoms. The molecule has 2 nitrogen and oxygen atoms in total. The van der Waals surface area contributed by atoms with Crippen molar-refractivity contribution in [1.82, 2.24) is 0 Å². The van der Waals surface area contributed by atoms with Gasteiger partial charge >= 0.3 is 0 Å². The topological polar surface area (TPSA) is 37.3 Å². The highest BCUT2D eigenvalue weighted by Crippen LogP contribution is 2.20. The average Bonchev–Trinajstić information content (AvgIpc) is 2.32. The van der Waals surface area contributed by atoms with Crippen LogP contribution in [0, 0.1) is 6.92 Å². The minimum atomic E-state index is -1.15. The van der Waals surface area contributed by atoms with Crippen LogP contribution in [0.5, 0.6) is 0 Å². The molecule has 1 N–H and O–H groups in total. The van der Waals surface area contributed by atoms with Gasteiger partial charge in [0.05, 0.1) is 22.2 Å². The molecule has 1 aromatic carbocycles. The molecule has 0 heterocycles. The number of hydrogen-bond donors (Lipinski definition) is 1. The first-order valence-corrected chi connectivity index (χ1v) is 6.72. The lowest BCUT2D eigenvalue weighted by Gasteiger charge is -2.20. The van der Waals surface area contributed by atoms with Gasteiger partial charge in [-0.05, 0) is 32.9 Å². The van der Waals surface area contributed by atoms with Gasteiger partial charge in [-0.15, -0.1) is 0 Å². The highest BCUT2D eigenvalue weighted by Gasteiger charge is 2.25. The molecule has 16 heavy (non-hydrogen) atoms. The molecule has 1 unspecified atom stereocenters. The Balaban J connectivity index is 0.00000106. The van der Waals surface area contributed by atoms with Crippen LogP contribution >= 0.6 is 0 Å². The predicted octanol–water partition coefficient (Wildman–Crippen LogP) is 2.90. The fourth-order valence-corrected chi connectivity index (χ4v) is 2.18. The van der Waals surface area contributed by atoms with Crippen molar-refractivity contribution in [3.8, 4) is 0 Å². The van der Waals surface area contributed by atoms with Crippen LogP contribution in [0.3, 0.4) is 0 Å². The number of aliphatic hydroxyl groups is 1. The molecule has 0 saturated carbocycles. The molecule has 0 aliphatic heterocycles. The molecule has 0 fully saturated rings. The lowest BCUT2D eigenvalue weighted by molar-refractivity contribution is 0.262. The summed E-state index contributed by atoms with van der Waals surface area (Å²) in [5.74, 6) is 0. The molecule has 0 aliphatic carbocycles. The summed E-state index contributed by atoms with van der Waals surface area (Å²) in [6.07, 6.45) is 0. The van der Waals surface area contributed by atoms with Crippen molar-refractivity contribution in [2.75, 3.05) is 6.61 Å². The number of hydrogen-bond acceptors (Lipinski definition) is 2. The van der Waals surface area contributed by atoms with Gasteiger partial charge in [0.1, 0.15) is 0 Å². The first-order valence-electron chi connectivity index (χ1n) is 5.57. The Kier molecular flexibility index (Phi) is 6.53. The van der Waals surface area contributed by atoms with E-state index in [-0.39, 0.29) is 6.61 Å². The van der Waals surface area contributed by atoms with E-state index < -0.39 is 15.5 Å². The highest BCUT2D eigenvalue weighted by molar-refractivity contribution is 7.86. The van der Waals surface area contributed by atoms with E-state index in [9.17, 15) is 4.21 Å². The monoisotopic (exact) mass is 242 g/mol. The summed E-state index contributed by atoms with van der Waals surface area (Å²) in [6.45, 7) is 9.50. The van der Waals surface area contributed by atoms with Gasteiger partial charge < -0.3 is 5.11 Å². The molecule has 1 atom stereocenters. The maximum Gasteiger partial charge on any atom is 0.0679 e. The highest BCUT2D eigenvalue weighted by atomic mass is 32.2. The van der Waals surface area contributed by atoms with Crippen molar-refractivity contribution < 1.29 is 9.32 Å². The molecule has 1 aromatic rings. The van der Waals surface area contributed by atoms with E-state index in [0.717, 1.165) is 10.5 Å². The molecule has 0 aliphatic rings. The Morgan fingerprint density at radius 1 is 1.19 bits per heavy atom. The lowest BCUT2D eigenvalue weighted by atomic mass is 10.2. The summed E-state index contributed by atoms with van der Waals surface area (Å²) in [7, 11) is -1.15. The zero-order chi connectivity index (χ0) is 12.8. The lowest BCUT2D eigenvalue weighted by Crippen LogP contribution is -2.30. The van der Waals surface area contributed by atoms with Gasteiger partial charge in [-0.25, -0.2) is 0 Å². The van der Waals surface area contributed by atoms with Gasteiger partial charge in [0, 0.05) is 4.90 Å². The number of aryl methyl sites for hydroxylation is 1. The molecule has 3 heteroatoms. The van der Waals surface area contributed by atoms with Gasteiger partial charge in [-0.2, -0.15) is 0 Å². The standard InChI is InChI=1S/C11H16O2S.C2H6/c1-9-4-6-10(7-5-9)14(13)11(2,3)8-12;1-2/h4-7,12H,8H2,1-3H3;1-2H3. The number of benzene rings is 1. The Bertz CT molecular complexity index is 328. The molecular weight excluding hydrogens is 220 g/mol. The van der Waals surface area contributed by atoms with Crippen molar-refractivity contribution in [3.05, 3.63) is 29.8 Å². The summed E-state index contributed by atoms with van der Waals surface area (Å²) in [6, 6.07) is 7.56. The maximum absolute atomic E-state index is 12.0. The van der Waals surface area contributed by atoms with Crippen molar-refractivity contribution in [2.45, 2.75) is 44.3 Å². The SMILES string of the molecule is CC.Cc1ccc(S(=O)C(C)(C)CO)cc1. The second kappa shape index (κ2) is 6.81. The van der Waals surface area contributed by atoms with E-state index in [1.54, 1.807) is 13.8 Å². The van der Waals surface area contributed by atoms with Crippen LogP contribution in [-0.2, 0) is 10.8 Å². The molecule has 0 aromatic heterocycles. The molecular formula is C13H22O2S. The summed E-state index contributed by atoms with van der Waals surface area (Å²) in [5, 5.41) is 9.09.